The molecule has 0 saturated carbocycles. The molecule has 0 fully saturated rings. The van der Waals surface area contributed by atoms with Crippen molar-refractivity contribution in [2.45, 2.75) is 5.16 Å². The first-order valence-corrected chi connectivity index (χ1v) is 8.78. The Bertz CT molecular complexity index is 996. The van der Waals surface area contributed by atoms with Crippen LogP contribution in [-0.4, -0.2) is 37.8 Å². The molecule has 1 amide bonds. The maximum absolute atomic E-state index is 12.9. The zero-order chi connectivity index (χ0) is 19.4. The van der Waals surface area contributed by atoms with Crippen LogP contribution in [0.4, 0.5) is 10.1 Å². The number of carbonyl (C=O) groups excluding carboxylic acids is 2. The van der Waals surface area contributed by atoms with Crippen LogP contribution in [-0.2, 0) is 4.79 Å². The smallest absolute Gasteiger partial charge is 0.234 e. The average Bonchev–Trinajstić information content (AvgIpc) is 3.11. The summed E-state index contributed by atoms with van der Waals surface area (Å²) < 4.78 is 14.2. The molecule has 0 aliphatic carbocycles. The van der Waals surface area contributed by atoms with Crippen LogP contribution in [0.1, 0.15) is 10.4 Å². The Morgan fingerprint density at radius 3 is 2.67 bits per heavy atom. The van der Waals surface area contributed by atoms with Crippen LogP contribution in [0.2, 0.25) is 5.02 Å². The number of carboxylic acids is 1. The zero-order valence-corrected chi connectivity index (χ0v) is 15.0. The van der Waals surface area contributed by atoms with Crippen LogP contribution in [0.3, 0.4) is 0 Å². The fourth-order valence-electron chi connectivity index (χ4n) is 2.09. The monoisotopic (exact) mass is 406 g/mol. The van der Waals surface area contributed by atoms with Gasteiger partial charge in [-0.2, -0.15) is 4.68 Å². The molecule has 27 heavy (non-hydrogen) atoms. The number of amides is 1. The van der Waals surface area contributed by atoms with Crippen molar-refractivity contribution in [1.82, 2.24) is 20.2 Å². The van der Waals surface area contributed by atoms with Crippen molar-refractivity contribution in [2.75, 3.05) is 11.1 Å². The van der Waals surface area contributed by atoms with Crippen molar-refractivity contribution >= 4 is 40.9 Å². The van der Waals surface area contributed by atoms with Gasteiger partial charge in [0.2, 0.25) is 11.1 Å². The molecule has 0 bridgehead atoms. The van der Waals surface area contributed by atoms with Crippen LogP contribution < -0.4 is 10.4 Å². The molecular formula is C16H10ClFN5O3S-. The number of aromatic nitrogens is 4. The van der Waals surface area contributed by atoms with E-state index in [4.69, 9.17) is 11.6 Å². The third-order valence-corrected chi connectivity index (χ3v) is 4.56. The van der Waals surface area contributed by atoms with Gasteiger partial charge in [0.25, 0.3) is 0 Å². The lowest BCUT2D eigenvalue weighted by molar-refractivity contribution is -0.255. The van der Waals surface area contributed by atoms with Gasteiger partial charge in [-0.3, -0.25) is 4.79 Å². The van der Waals surface area contributed by atoms with Crippen molar-refractivity contribution < 1.29 is 19.1 Å². The van der Waals surface area contributed by atoms with E-state index < -0.39 is 11.8 Å². The molecule has 138 valence electrons. The van der Waals surface area contributed by atoms with Gasteiger partial charge in [-0.1, -0.05) is 23.4 Å². The van der Waals surface area contributed by atoms with Crippen LogP contribution in [0, 0.1) is 5.82 Å². The Kier molecular flexibility index (Phi) is 5.67. The van der Waals surface area contributed by atoms with Crippen molar-refractivity contribution in [1.29, 1.82) is 0 Å². The van der Waals surface area contributed by atoms with Gasteiger partial charge in [-0.15, -0.1) is 5.10 Å². The maximum atomic E-state index is 12.9. The highest BCUT2D eigenvalue weighted by atomic mass is 35.5. The molecule has 1 heterocycles. The fraction of sp³-hybridized carbons (Fsp3) is 0.0625. The van der Waals surface area contributed by atoms with Crippen LogP contribution in [0.5, 0.6) is 0 Å². The number of benzene rings is 2. The summed E-state index contributed by atoms with van der Waals surface area (Å²) in [5.74, 6) is -2.19. The van der Waals surface area contributed by atoms with Crippen LogP contribution >= 0.6 is 23.4 Å². The second-order valence-electron chi connectivity index (χ2n) is 5.17. The lowest BCUT2D eigenvalue weighted by Gasteiger charge is -2.09. The summed E-state index contributed by atoms with van der Waals surface area (Å²) in [6.07, 6.45) is 0. The predicted octanol–water partition coefficient (Wildman–Crippen LogP) is 1.55. The predicted molar refractivity (Wildman–Crippen MR) is 94.2 cm³/mol. The number of carboxylic acid groups (broad SMARTS) is 1. The number of tetrazole rings is 1. The summed E-state index contributed by atoms with van der Waals surface area (Å²) in [4.78, 5) is 23.1. The number of rotatable bonds is 6. The highest BCUT2D eigenvalue weighted by molar-refractivity contribution is 7.99. The van der Waals surface area contributed by atoms with E-state index in [-0.39, 0.29) is 27.4 Å². The standard InChI is InChI=1S/C16H11ClFN5O3S/c17-13-6-5-11(7-12(13)15(25)26)23-16(20-21-22-23)27-8-14(24)19-10-3-1-9(18)2-4-10/h1-7H,8H2,(H,19,24)(H,25,26)/p-1. The Labute approximate surface area is 161 Å². The van der Waals surface area contributed by atoms with Gasteiger partial charge in [0.15, 0.2) is 0 Å². The molecule has 1 aromatic heterocycles. The third-order valence-electron chi connectivity index (χ3n) is 3.32. The molecule has 8 nitrogen and oxygen atoms in total. The van der Waals surface area contributed by atoms with Gasteiger partial charge in [0.1, 0.15) is 5.82 Å². The minimum Gasteiger partial charge on any atom is -0.545 e. The lowest BCUT2D eigenvalue weighted by Crippen LogP contribution is -2.23. The van der Waals surface area contributed by atoms with Gasteiger partial charge in [-0.05, 0) is 52.9 Å². The number of anilines is 1. The number of aromatic carboxylic acids is 1. The van der Waals surface area contributed by atoms with Gasteiger partial charge in [-0.25, -0.2) is 4.39 Å². The highest BCUT2D eigenvalue weighted by Gasteiger charge is 2.13. The summed E-state index contributed by atoms with van der Waals surface area (Å²) in [5.41, 5.74) is 0.609. The number of nitrogens with zero attached hydrogens (tertiary/aromatic N) is 4. The first-order valence-electron chi connectivity index (χ1n) is 7.42. The molecule has 2 aromatic carbocycles. The van der Waals surface area contributed by atoms with Crippen molar-refractivity contribution in [3.05, 3.63) is 58.9 Å². The molecular weight excluding hydrogens is 397 g/mol. The molecule has 0 atom stereocenters. The SMILES string of the molecule is O=C(CSc1nnnn1-c1ccc(Cl)c(C(=O)[O-])c1)Nc1ccc(F)cc1. The second-order valence-corrected chi connectivity index (χ2v) is 6.52. The second kappa shape index (κ2) is 8.14. The van der Waals surface area contributed by atoms with E-state index in [1.165, 1.54) is 47.1 Å². The molecule has 1 N–H and O–H groups in total. The maximum Gasteiger partial charge on any atom is 0.234 e. The quantitative estimate of drug-likeness (QED) is 0.618. The molecule has 3 aromatic rings. The van der Waals surface area contributed by atoms with Gasteiger partial charge < -0.3 is 15.2 Å². The van der Waals surface area contributed by atoms with Gasteiger partial charge >= 0.3 is 0 Å². The van der Waals surface area contributed by atoms with Gasteiger partial charge in [0.05, 0.1) is 17.4 Å². The Hall–Kier alpha value is -2.98. The number of carbonyl (C=O) groups is 2. The number of halogens is 2. The average molecular weight is 407 g/mol. The molecule has 0 saturated heterocycles. The molecule has 0 unspecified atom stereocenters. The van der Waals surface area contributed by atoms with E-state index in [9.17, 15) is 19.1 Å². The van der Waals surface area contributed by atoms with E-state index in [1.807, 2.05) is 0 Å². The first kappa shape index (κ1) is 18.8. The van der Waals surface area contributed by atoms with E-state index >= 15 is 0 Å². The number of hydrogen-bond donors (Lipinski definition) is 1. The molecule has 0 radical (unpaired) electrons. The Morgan fingerprint density at radius 2 is 1.96 bits per heavy atom. The summed E-state index contributed by atoms with van der Waals surface area (Å²) in [6.45, 7) is 0. The highest BCUT2D eigenvalue weighted by Crippen LogP contribution is 2.23. The van der Waals surface area contributed by atoms with E-state index in [2.05, 4.69) is 20.8 Å². The lowest BCUT2D eigenvalue weighted by atomic mass is 10.2. The van der Waals surface area contributed by atoms with Crippen molar-refractivity contribution in [3.8, 4) is 5.69 Å². The number of hydrogen-bond acceptors (Lipinski definition) is 7. The van der Waals surface area contributed by atoms with E-state index in [0.717, 1.165) is 11.8 Å². The van der Waals surface area contributed by atoms with Crippen molar-refractivity contribution in [3.63, 3.8) is 0 Å². The molecule has 0 spiro atoms. The molecule has 0 aliphatic heterocycles. The molecule has 11 heteroatoms. The Balaban J connectivity index is 1.70. The third kappa shape index (κ3) is 4.60. The summed E-state index contributed by atoms with van der Waals surface area (Å²) in [6, 6.07) is 9.55. The topological polar surface area (TPSA) is 113 Å². The van der Waals surface area contributed by atoms with Crippen molar-refractivity contribution in [2.24, 2.45) is 0 Å². The van der Waals surface area contributed by atoms with Gasteiger partial charge in [0, 0.05) is 16.3 Å². The van der Waals surface area contributed by atoms with E-state index in [1.54, 1.807) is 0 Å². The summed E-state index contributed by atoms with van der Waals surface area (Å²) in [7, 11) is 0. The molecule has 0 aliphatic rings. The first-order chi connectivity index (χ1) is 12.9. The summed E-state index contributed by atoms with van der Waals surface area (Å²) >= 11 is 6.86. The number of thioether (sulfide) groups is 1. The van der Waals surface area contributed by atoms with Crippen LogP contribution in [0.25, 0.3) is 5.69 Å². The minimum absolute atomic E-state index is 0.0152. The summed E-state index contributed by atoms with van der Waals surface area (Å²) in [5, 5.41) is 25.2. The largest absolute Gasteiger partial charge is 0.545 e. The molecule has 3 rings (SSSR count). The minimum atomic E-state index is -1.43. The fourth-order valence-corrected chi connectivity index (χ4v) is 2.98. The van der Waals surface area contributed by atoms with Crippen LogP contribution in [0.15, 0.2) is 47.6 Å². The Morgan fingerprint density at radius 1 is 1.22 bits per heavy atom. The zero-order valence-electron chi connectivity index (χ0n) is 13.4. The normalized spacial score (nSPS) is 10.6. The van der Waals surface area contributed by atoms with E-state index in [0.29, 0.717) is 11.4 Å². The number of nitrogens with one attached hydrogen (secondary N) is 1.